The maximum absolute atomic E-state index is 12.4. The first-order chi connectivity index (χ1) is 8.60. The lowest BCUT2D eigenvalue weighted by atomic mass is 9.78. The predicted molar refractivity (Wildman–Crippen MR) is 72.4 cm³/mol. The Bertz CT molecular complexity index is 517. The fourth-order valence-electron chi connectivity index (χ4n) is 1.92. The van der Waals surface area contributed by atoms with E-state index in [2.05, 4.69) is 4.98 Å². The Hall–Kier alpha value is -1.96. The van der Waals surface area contributed by atoms with Gasteiger partial charge in [0.15, 0.2) is 0 Å². The summed E-state index contributed by atoms with van der Waals surface area (Å²) in [5.41, 5.74) is 1.56. The minimum absolute atomic E-state index is 0.210. The molecule has 1 aromatic heterocycles. The van der Waals surface area contributed by atoms with Crippen molar-refractivity contribution in [2.45, 2.75) is 25.7 Å². The van der Waals surface area contributed by atoms with Crippen LogP contribution < -0.4 is 0 Å². The summed E-state index contributed by atoms with van der Waals surface area (Å²) in [6.07, 6.45) is 3.89. The van der Waals surface area contributed by atoms with E-state index in [4.69, 9.17) is 0 Å². The number of aromatic nitrogens is 1. The largest absolute Gasteiger partial charge is 0.298 e. The smallest absolute Gasteiger partial charge is 0.147 e. The highest BCUT2D eigenvalue weighted by molar-refractivity contribution is 5.90. The van der Waals surface area contributed by atoms with Gasteiger partial charge in [0, 0.05) is 24.2 Å². The number of carbonyl (C=O) groups excluding carboxylic acids is 1. The van der Waals surface area contributed by atoms with E-state index in [-0.39, 0.29) is 5.78 Å². The van der Waals surface area contributed by atoms with Crippen LogP contribution in [0, 0.1) is 0 Å². The standard InChI is InChI=1S/C16H17NO/c1-16(2,14-8-4-3-5-9-14)15(18)11-13-7-6-10-17-12-13/h3-10,12H,11H2,1-2H3. The van der Waals surface area contributed by atoms with Crippen LogP contribution in [0.2, 0.25) is 0 Å². The highest BCUT2D eigenvalue weighted by atomic mass is 16.1. The van der Waals surface area contributed by atoms with Gasteiger partial charge in [-0.1, -0.05) is 36.4 Å². The van der Waals surface area contributed by atoms with Gasteiger partial charge in [-0.2, -0.15) is 0 Å². The summed E-state index contributed by atoms with van der Waals surface area (Å²) in [4.78, 5) is 16.4. The third kappa shape index (κ3) is 2.65. The molecule has 2 nitrogen and oxygen atoms in total. The number of Topliss-reactive ketones (excluding diaryl/α,β-unsaturated/α-hetero) is 1. The van der Waals surface area contributed by atoms with Crippen molar-refractivity contribution in [3.8, 4) is 0 Å². The quantitative estimate of drug-likeness (QED) is 0.820. The minimum atomic E-state index is -0.461. The van der Waals surface area contributed by atoms with Gasteiger partial charge in [0.2, 0.25) is 0 Å². The molecule has 2 rings (SSSR count). The second-order valence-corrected chi connectivity index (χ2v) is 4.95. The van der Waals surface area contributed by atoms with Crippen LogP contribution in [0.4, 0.5) is 0 Å². The average Bonchev–Trinajstić information content (AvgIpc) is 2.41. The van der Waals surface area contributed by atoms with E-state index >= 15 is 0 Å². The number of benzene rings is 1. The van der Waals surface area contributed by atoms with Gasteiger partial charge in [0.25, 0.3) is 0 Å². The van der Waals surface area contributed by atoms with Crippen LogP contribution in [0.1, 0.15) is 25.0 Å². The van der Waals surface area contributed by atoms with Gasteiger partial charge in [-0.15, -0.1) is 0 Å². The van der Waals surface area contributed by atoms with Crippen molar-refractivity contribution in [1.82, 2.24) is 4.98 Å². The zero-order chi connectivity index (χ0) is 13.0. The Balaban J connectivity index is 2.18. The molecule has 0 saturated carbocycles. The molecular weight excluding hydrogens is 222 g/mol. The summed E-state index contributed by atoms with van der Waals surface area (Å²) < 4.78 is 0. The van der Waals surface area contributed by atoms with E-state index in [0.717, 1.165) is 11.1 Å². The van der Waals surface area contributed by atoms with Crippen molar-refractivity contribution < 1.29 is 4.79 Å². The highest BCUT2D eigenvalue weighted by Gasteiger charge is 2.28. The molecular formula is C16H17NO. The molecule has 0 radical (unpaired) electrons. The molecule has 1 heterocycles. The Morgan fingerprint density at radius 3 is 2.44 bits per heavy atom. The van der Waals surface area contributed by atoms with Crippen molar-refractivity contribution in [2.24, 2.45) is 0 Å². The molecule has 2 heteroatoms. The predicted octanol–water partition coefficient (Wildman–Crippen LogP) is 3.17. The van der Waals surface area contributed by atoms with Crippen molar-refractivity contribution in [3.05, 3.63) is 66.0 Å². The lowest BCUT2D eigenvalue weighted by Crippen LogP contribution is -2.30. The summed E-state index contributed by atoms with van der Waals surface area (Å²) in [5, 5.41) is 0. The minimum Gasteiger partial charge on any atom is -0.298 e. The molecule has 0 atom stereocenters. The number of ketones is 1. The number of hydrogen-bond donors (Lipinski definition) is 0. The lowest BCUT2D eigenvalue weighted by Gasteiger charge is -2.23. The molecule has 0 amide bonds. The molecule has 2 aromatic rings. The monoisotopic (exact) mass is 239 g/mol. The van der Waals surface area contributed by atoms with Gasteiger partial charge in [-0.05, 0) is 31.0 Å². The van der Waals surface area contributed by atoms with Crippen LogP contribution in [0.25, 0.3) is 0 Å². The van der Waals surface area contributed by atoms with Crippen LogP contribution in [0.15, 0.2) is 54.9 Å². The third-order valence-electron chi connectivity index (χ3n) is 3.28. The van der Waals surface area contributed by atoms with Crippen molar-refractivity contribution in [2.75, 3.05) is 0 Å². The maximum atomic E-state index is 12.4. The summed E-state index contributed by atoms with van der Waals surface area (Å²) in [6, 6.07) is 13.7. The molecule has 0 aliphatic carbocycles. The molecule has 0 unspecified atom stereocenters. The summed E-state index contributed by atoms with van der Waals surface area (Å²) in [5.74, 6) is 0.210. The lowest BCUT2D eigenvalue weighted by molar-refractivity contribution is -0.122. The molecule has 0 spiro atoms. The number of nitrogens with zero attached hydrogens (tertiary/aromatic N) is 1. The third-order valence-corrected chi connectivity index (χ3v) is 3.28. The first kappa shape index (κ1) is 12.5. The van der Waals surface area contributed by atoms with Gasteiger partial charge >= 0.3 is 0 Å². The van der Waals surface area contributed by atoms with Crippen LogP contribution >= 0.6 is 0 Å². The average molecular weight is 239 g/mol. The number of carbonyl (C=O) groups is 1. The van der Waals surface area contributed by atoms with E-state index in [0.29, 0.717) is 6.42 Å². The van der Waals surface area contributed by atoms with Crippen molar-refractivity contribution >= 4 is 5.78 Å². The second kappa shape index (κ2) is 5.13. The van der Waals surface area contributed by atoms with Crippen molar-refractivity contribution in [1.29, 1.82) is 0 Å². The van der Waals surface area contributed by atoms with E-state index in [1.165, 1.54) is 0 Å². The van der Waals surface area contributed by atoms with E-state index in [1.807, 2.05) is 56.3 Å². The van der Waals surface area contributed by atoms with Crippen LogP contribution in [-0.4, -0.2) is 10.8 Å². The van der Waals surface area contributed by atoms with Crippen LogP contribution in [0.5, 0.6) is 0 Å². The Labute approximate surface area is 108 Å². The van der Waals surface area contributed by atoms with Gasteiger partial charge < -0.3 is 0 Å². The fourth-order valence-corrected chi connectivity index (χ4v) is 1.92. The Morgan fingerprint density at radius 1 is 1.11 bits per heavy atom. The summed E-state index contributed by atoms with van der Waals surface area (Å²) in [6.45, 7) is 3.95. The normalized spacial score (nSPS) is 11.2. The molecule has 0 fully saturated rings. The van der Waals surface area contributed by atoms with Crippen molar-refractivity contribution in [3.63, 3.8) is 0 Å². The molecule has 0 aliphatic rings. The maximum Gasteiger partial charge on any atom is 0.147 e. The second-order valence-electron chi connectivity index (χ2n) is 4.95. The first-order valence-corrected chi connectivity index (χ1v) is 6.08. The zero-order valence-electron chi connectivity index (χ0n) is 10.8. The molecule has 0 bridgehead atoms. The molecule has 0 saturated heterocycles. The topological polar surface area (TPSA) is 30.0 Å². The molecule has 1 aromatic carbocycles. The SMILES string of the molecule is CC(C)(C(=O)Cc1cccnc1)c1ccccc1. The Morgan fingerprint density at radius 2 is 1.83 bits per heavy atom. The zero-order valence-corrected chi connectivity index (χ0v) is 10.8. The fraction of sp³-hybridized carbons (Fsp3) is 0.250. The summed E-state index contributed by atoms with van der Waals surface area (Å²) >= 11 is 0. The number of pyridine rings is 1. The van der Waals surface area contributed by atoms with Gasteiger partial charge in [0.1, 0.15) is 5.78 Å². The number of hydrogen-bond acceptors (Lipinski definition) is 2. The number of rotatable bonds is 4. The van der Waals surface area contributed by atoms with E-state index in [1.54, 1.807) is 12.4 Å². The van der Waals surface area contributed by atoms with Gasteiger partial charge in [0.05, 0.1) is 0 Å². The van der Waals surface area contributed by atoms with Crippen LogP contribution in [0.3, 0.4) is 0 Å². The first-order valence-electron chi connectivity index (χ1n) is 6.08. The van der Waals surface area contributed by atoms with E-state index in [9.17, 15) is 4.79 Å². The van der Waals surface area contributed by atoms with Gasteiger partial charge in [-0.25, -0.2) is 0 Å². The molecule has 0 aliphatic heterocycles. The molecule has 92 valence electrons. The molecule has 0 N–H and O–H groups in total. The van der Waals surface area contributed by atoms with E-state index < -0.39 is 5.41 Å². The van der Waals surface area contributed by atoms with Crippen LogP contribution in [-0.2, 0) is 16.6 Å². The summed E-state index contributed by atoms with van der Waals surface area (Å²) in [7, 11) is 0. The highest BCUT2D eigenvalue weighted by Crippen LogP contribution is 2.25. The Kier molecular flexibility index (Phi) is 3.56. The van der Waals surface area contributed by atoms with Gasteiger partial charge in [-0.3, -0.25) is 9.78 Å². The molecule has 18 heavy (non-hydrogen) atoms.